The van der Waals surface area contributed by atoms with E-state index in [4.69, 9.17) is 9.66 Å². The van der Waals surface area contributed by atoms with Gasteiger partial charge >= 0.3 is 29.3 Å². The molecule has 0 unspecified atom stereocenters. The topological polar surface area (TPSA) is 83.8 Å². The summed E-state index contributed by atoms with van der Waals surface area (Å²) in [6.07, 6.45) is 0. The molecule has 0 saturated heterocycles. The van der Waals surface area contributed by atoms with Crippen LogP contribution < -0.4 is 18.9 Å². The molecule has 5 nitrogen and oxygen atoms in total. The van der Waals surface area contributed by atoms with E-state index in [1.54, 1.807) is 0 Å². The molecule has 0 aliphatic heterocycles. The first-order valence-corrected chi connectivity index (χ1v) is 3.15. The van der Waals surface area contributed by atoms with Gasteiger partial charge in [-0.1, -0.05) is 0 Å². The van der Waals surface area contributed by atoms with Crippen molar-refractivity contribution in [2.24, 2.45) is 0 Å². The zero-order valence-corrected chi connectivity index (χ0v) is 5.76. The van der Waals surface area contributed by atoms with Crippen molar-refractivity contribution in [1.29, 1.82) is 0 Å². The van der Waals surface area contributed by atoms with Gasteiger partial charge in [0.05, 0.1) is 13.2 Å². The monoisotopic (exact) mass is 150 g/mol. The number of aliphatic hydroxyl groups is 1. The summed E-state index contributed by atoms with van der Waals surface area (Å²) in [5.41, 5.74) is 0. The van der Waals surface area contributed by atoms with Gasteiger partial charge in [-0.3, -0.25) is 4.55 Å². The molecule has 52 valence electrons. The minimum Gasteiger partial charge on any atom is -1.00 e. The first-order valence-electron chi connectivity index (χ1n) is 1.79. The van der Waals surface area contributed by atoms with Gasteiger partial charge in [0.2, 0.25) is 0 Å². The predicted octanol–water partition coefficient (Wildman–Crippen LogP) is -4.09. The van der Waals surface area contributed by atoms with Crippen LogP contribution in [0.1, 0.15) is 1.43 Å². The Morgan fingerprint density at radius 3 is 2.11 bits per heavy atom. The predicted molar refractivity (Wildman–Crippen MR) is 25.7 cm³/mol. The average Bonchev–Trinajstić information content (AvgIpc) is 1.59. The Kier molecular flexibility index (Phi) is 7.05. The molecule has 0 aliphatic rings. The maximum atomic E-state index is 9.61. The molecule has 0 amide bonds. The van der Waals surface area contributed by atoms with Crippen LogP contribution in [-0.4, -0.2) is 31.3 Å². The van der Waals surface area contributed by atoms with Crippen molar-refractivity contribution in [3.05, 3.63) is 0 Å². The Balaban J connectivity index is -0.000000245. The normalized spacial score (nSPS) is 10.4. The Hall–Kier alpha value is 0.427. The summed E-state index contributed by atoms with van der Waals surface area (Å²) < 4.78 is 30.7. The van der Waals surface area contributed by atoms with Crippen LogP contribution in [0.15, 0.2) is 0 Å². The molecule has 0 fully saturated rings. The SMILES string of the molecule is O=S(=O)(O)OCCO.[H-].[Li+]. The molecule has 0 spiro atoms. The Morgan fingerprint density at radius 2 is 2.00 bits per heavy atom. The molecule has 0 rings (SSSR count). The summed E-state index contributed by atoms with van der Waals surface area (Å²) in [6, 6.07) is 0. The molecular weight excluding hydrogens is 143 g/mol. The minimum atomic E-state index is -4.35. The Morgan fingerprint density at radius 1 is 1.56 bits per heavy atom. The summed E-state index contributed by atoms with van der Waals surface area (Å²) in [5, 5.41) is 7.93. The molecule has 7 heteroatoms. The largest absolute Gasteiger partial charge is 1.00 e. The van der Waals surface area contributed by atoms with Gasteiger partial charge in [0.25, 0.3) is 0 Å². The van der Waals surface area contributed by atoms with E-state index in [0.717, 1.165) is 0 Å². The van der Waals surface area contributed by atoms with Crippen molar-refractivity contribution in [2.75, 3.05) is 13.2 Å². The van der Waals surface area contributed by atoms with Crippen molar-refractivity contribution in [1.82, 2.24) is 0 Å². The molecule has 0 saturated carbocycles. The first-order chi connectivity index (χ1) is 3.56. The van der Waals surface area contributed by atoms with Crippen LogP contribution in [0.4, 0.5) is 0 Å². The fourth-order valence-corrected chi connectivity index (χ4v) is 0.428. The zero-order chi connectivity index (χ0) is 6.62. The van der Waals surface area contributed by atoms with Crippen molar-refractivity contribution < 1.29 is 42.5 Å². The van der Waals surface area contributed by atoms with Gasteiger partial charge in [0, 0.05) is 0 Å². The Labute approximate surface area is 66.6 Å². The third kappa shape index (κ3) is 11.8. The van der Waals surface area contributed by atoms with Crippen LogP contribution in [0.25, 0.3) is 0 Å². The molecule has 0 aromatic heterocycles. The van der Waals surface area contributed by atoms with E-state index in [0.29, 0.717) is 0 Å². The number of rotatable bonds is 3. The molecule has 0 aliphatic carbocycles. The van der Waals surface area contributed by atoms with Gasteiger partial charge < -0.3 is 6.53 Å². The van der Waals surface area contributed by atoms with Gasteiger partial charge in [-0.05, 0) is 0 Å². The van der Waals surface area contributed by atoms with E-state index in [1.807, 2.05) is 0 Å². The quantitative estimate of drug-likeness (QED) is 0.315. The third-order valence-corrected chi connectivity index (χ3v) is 0.788. The second-order valence-electron chi connectivity index (χ2n) is 0.973. The standard InChI is InChI=1S/C2H6O5S.Li.H/c3-1-2-7-8(4,5)6;;/h3H,1-2H2,(H,4,5,6);;/q;+1;-1. The summed E-state index contributed by atoms with van der Waals surface area (Å²) in [7, 11) is -4.35. The minimum absolute atomic E-state index is 0. The molecule has 0 heterocycles. The van der Waals surface area contributed by atoms with Gasteiger partial charge in [0.15, 0.2) is 0 Å². The van der Waals surface area contributed by atoms with Gasteiger partial charge in [0.1, 0.15) is 0 Å². The van der Waals surface area contributed by atoms with Crippen LogP contribution >= 0.6 is 0 Å². The fourth-order valence-electron chi connectivity index (χ4n) is 0.143. The number of hydrogen-bond acceptors (Lipinski definition) is 4. The second-order valence-corrected chi connectivity index (χ2v) is 2.06. The smallest absolute Gasteiger partial charge is 1.00 e. The summed E-state index contributed by atoms with van der Waals surface area (Å²) in [5.74, 6) is 0. The molecular formula is C2H7LiO5S. The zero-order valence-electron chi connectivity index (χ0n) is 5.94. The van der Waals surface area contributed by atoms with Crippen molar-refractivity contribution in [3.63, 3.8) is 0 Å². The van der Waals surface area contributed by atoms with E-state index >= 15 is 0 Å². The van der Waals surface area contributed by atoms with Gasteiger partial charge in [-0.25, -0.2) is 4.18 Å². The number of hydrogen-bond donors (Lipinski definition) is 2. The van der Waals surface area contributed by atoms with Gasteiger partial charge in [-0.2, -0.15) is 8.42 Å². The van der Waals surface area contributed by atoms with Gasteiger partial charge in [-0.15, -0.1) is 0 Å². The summed E-state index contributed by atoms with van der Waals surface area (Å²) in [4.78, 5) is 0. The van der Waals surface area contributed by atoms with Crippen LogP contribution in [-0.2, 0) is 14.6 Å². The van der Waals surface area contributed by atoms with E-state index in [1.165, 1.54) is 0 Å². The molecule has 0 atom stereocenters. The summed E-state index contributed by atoms with van der Waals surface area (Å²) >= 11 is 0. The fraction of sp³-hybridized carbons (Fsp3) is 1.00. The third-order valence-electron chi connectivity index (χ3n) is 0.324. The molecule has 0 bridgehead atoms. The van der Waals surface area contributed by atoms with E-state index in [9.17, 15) is 8.42 Å². The molecule has 0 radical (unpaired) electrons. The van der Waals surface area contributed by atoms with Crippen molar-refractivity contribution in [3.8, 4) is 0 Å². The average molecular weight is 150 g/mol. The van der Waals surface area contributed by atoms with Crippen LogP contribution in [0.5, 0.6) is 0 Å². The molecule has 2 N–H and O–H groups in total. The van der Waals surface area contributed by atoms with E-state index < -0.39 is 23.6 Å². The van der Waals surface area contributed by atoms with Crippen LogP contribution in [0.3, 0.4) is 0 Å². The van der Waals surface area contributed by atoms with Crippen LogP contribution in [0.2, 0.25) is 0 Å². The molecule has 0 aromatic carbocycles. The first kappa shape index (κ1) is 12.1. The van der Waals surface area contributed by atoms with Crippen molar-refractivity contribution in [2.45, 2.75) is 0 Å². The number of aliphatic hydroxyl groups excluding tert-OH is 1. The maximum absolute atomic E-state index is 9.61. The molecule has 9 heavy (non-hydrogen) atoms. The Bertz CT molecular complexity index is 144. The van der Waals surface area contributed by atoms with Crippen molar-refractivity contribution >= 4 is 10.4 Å². The second kappa shape index (κ2) is 5.23. The maximum Gasteiger partial charge on any atom is 1.00 e. The van der Waals surface area contributed by atoms with E-state index in [2.05, 4.69) is 4.18 Å². The summed E-state index contributed by atoms with van der Waals surface area (Å²) in [6.45, 7) is -0.835. The van der Waals surface area contributed by atoms with E-state index in [-0.39, 0.29) is 20.3 Å². The van der Waals surface area contributed by atoms with Crippen LogP contribution in [0, 0.1) is 0 Å². The molecule has 0 aromatic rings.